The molecule has 0 fully saturated rings. The number of imidazole rings is 1. The number of pyridine rings is 1. The van der Waals surface area contributed by atoms with E-state index in [4.69, 9.17) is 9.47 Å². The number of hydrogen-bond acceptors (Lipinski definition) is 5. The van der Waals surface area contributed by atoms with Crippen LogP contribution in [0.2, 0.25) is 0 Å². The lowest BCUT2D eigenvalue weighted by Gasteiger charge is -2.12. The Bertz CT molecular complexity index is 868. The third kappa shape index (κ3) is 3.45. The van der Waals surface area contributed by atoms with E-state index in [1.165, 1.54) is 4.57 Å². The van der Waals surface area contributed by atoms with Crippen molar-refractivity contribution in [2.24, 2.45) is 0 Å². The highest BCUT2D eigenvalue weighted by atomic mass is 16.5. The van der Waals surface area contributed by atoms with Gasteiger partial charge >= 0.3 is 6.03 Å². The van der Waals surface area contributed by atoms with E-state index < -0.39 is 0 Å². The number of methoxy groups -OCH3 is 2. The van der Waals surface area contributed by atoms with Crippen LogP contribution in [0, 0.1) is 6.92 Å². The third-order valence-corrected chi connectivity index (χ3v) is 3.69. The van der Waals surface area contributed by atoms with Gasteiger partial charge in [0.2, 0.25) is 0 Å². The molecule has 0 saturated carbocycles. The summed E-state index contributed by atoms with van der Waals surface area (Å²) < 4.78 is 12.1. The van der Waals surface area contributed by atoms with Gasteiger partial charge in [-0.1, -0.05) is 6.07 Å². The average molecular weight is 338 g/mol. The van der Waals surface area contributed by atoms with Crippen molar-refractivity contribution in [1.29, 1.82) is 0 Å². The van der Waals surface area contributed by atoms with Crippen molar-refractivity contribution in [2.45, 2.75) is 6.92 Å². The minimum atomic E-state index is -0.342. The van der Waals surface area contributed by atoms with Gasteiger partial charge < -0.3 is 9.47 Å². The number of aromatic nitrogens is 3. The molecule has 0 aliphatic heterocycles. The standard InChI is InChI=1S/C18H18N4O3/c1-12-20-11-16(13-8-14(24-2)10-15(9-13)25-3)22(12)18(23)21-17-6-4-5-7-19-17/h4-11H,1-3H3,(H,19,21,23). The Labute approximate surface area is 145 Å². The van der Waals surface area contributed by atoms with Gasteiger partial charge in [0.1, 0.15) is 23.1 Å². The minimum absolute atomic E-state index is 0.342. The number of benzene rings is 1. The summed E-state index contributed by atoms with van der Waals surface area (Å²) >= 11 is 0. The summed E-state index contributed by atoms with van der Waals surface area (Å²) in [4.78, 5) is 21.1. The molecular weight excluding hydrogens is 320 g/mol. The maximum absolute atomic E-state index is 12.7. The molecule has 0 unspecified atom stereocenters. The van der Waals surface area contributed by atoms with Gasteiger partial charge in [0, 0.05) is 17.8 Å². The fourth-order valence-corrected chi connectivity index (χ4v) is 2.46. The lowest BCUT2D eigenvalue weighted by molar-refractivity contribution is 0.253. The van der Waals surface area contributed by atoms with Crippen molar-refractivity contribution >= 4 is 11.8 Å². The molecule has 1 aromatic carbocycles. The Morgan fingerprint density at radius 1 is 1.08 bits per heavy atom. The van der Waals surface area contributed by atoms with Crippen molar-refractivity contribution in [1.82, 2.24) is 14.5 Å². The Morgan fingerprint density at radius 3 is 2.40 bits per heavy atom. The lowest BCUT2D eigenvalue weighted by Crippen LogP contribution is -2.22. The van der Waals surface area contributed by atoms with Crippen LogP contribution in [0.15, 0.2) is 48.8 Å². The first-order valence-corrected chi connectivity index (χ1v) is 7.62. The predicted octanol–water partition coefficient (Wildman–Crippen LogP) is 3.35. The SMILES string of the molecule is COc1cc(OC)cc(-c2cnc(C)n2C(=O)Nc2ccccn2)c1. The smallest absolute Gasteiger partial charge is 0.333 e. The largest absolute Gasteiger partial charge is 0.497 e. The molecule has 7 nitrogen and oxygen atoms in total. The Morgan fingerprint density at radius 2 is 1.80 bits per heavy atom. The normalized spacial score (nSPS) is 10.4. The van der Waals surface area contributed by atoms with Gasteiger partial charge in [0.25, 0.3) is 0 Å². The summed E-state index contributed by atoms with van der Waals surface area (Å²) in [6.45, 7) is 1.76. The van der Waals surface area contributed by atoms with Crippen molar-refractivity contribution < 1.29 is 14.3 Å². The number of nitrogens with zero attached hydrogens (tertiary/aromatic N) is 3. The fraction of sp³-hybridized carbons (Fsp3) is 0.167. The summed E-state index contributed by atoms with van der Waals surface area (Å²) in [7, 11) is 3.16. The summed E-state index contributed by atoms with van der Waals surface area (Å²) in [6, 6.07) is 10.4. The number of rotatable bonds is 4. The molecule has 3 aromatic rings. The summed E-state index contributed by atoms with van der Waals surface area (Å²) in [5, 5.41) is 2.76. The van der Waals surface area contributed by atoms with Crippen LogP contribution in [0.5, 0.6) is 11.5 Å². The van der Waals surface area contributed by atoms with Crippen molar-refractivity contribution in [2.75, 3.05) is 19.5 Å². The maximum atomic E-state index is 12.7. The Balaban J connectivity index is 2.01. The third-order valence-electron chi connectivity index (χ3n) is 3.69. The first-order valence-electron chi connectivity index (χ1n) is 7.62. The van der Waals surface area contributed by atoms with Crippen LogP contribution >= 0.6 is 0 Å². The lowest BCUT2D eigenvalue weighted by atomic mass is 10.1. The van der Waals surface area contributed by atoms with Gasteiger partial charge in [-0.2, -0.15) is 0 Å². The summed E-state index contributed by atoms with van der Waals surface area (Å²) in [5.74, 6) is 2.29. The molecule has 1 amide bonds. The molecule has 25 heavy (non-hydrogen) atoms. The molecule has 0 aliphatic rings. The number of anilines is 1. The van der Waals surface area contributed by atoms with Crippen LogP contribution in [-0.4, -0.2) is 34.8 Å². The first-order chi connectivity index (χ1) is 12.1. The van der Waals surface area contributed by atoms with Crippen LogP contribution in [0.4, 0.5) is 10.6 Å². The van der Waals surface area contributed by atoms with Crippen molar-refractivity contribution in [3.63, 3.8) is 0 Å². The van der Waals surface area contributed by atoms with Crippen LogP contribution in [0.25, 0.3) is 11.3 Å². The van der Waals surface area contributed by atoms with Gasteiger partial charge in [0.05, 0.1) is 26.1 Å². The highest BCUT2D eigenvalue weighted by Gasteiger charge is 2.17. The van der Waals surface area contributed by atoms with E-state index in [1.54, 1.807) is 57.8 Å². The van der Waals surface area contributed by atoms with Gasteiger partial charge in [-0.15, -0.1) is 0 Å². The zero-order valence-electron chi connectivity index (χ0n) is 14.2. The number of carbonyl (C=O) groups excluding carboxylic acids is 1. The van der Waals surface area contributed by atoms with Gasteiger partial charge in [-0.3, -0.25) is 5.32 Å². The molecule has 3 rings (SSSR count). The van der Waals surface area contributed by atoms with E-state index in [-0.39, 0.29) is 6.03 Å². The number of carbonyl (C=O) groups is 1. The second kappa shape index (κ2) is 7.04. The quantitative estimate of drug-likeness (QED) is 0.789. The van der Waals surface area contributed by atoms with Gasteiger partial charge in [-0.25, -0.2) is 19.3 Å². The second-order valence-corrected chi connectivity index (χ2v) is 5.27. The topological polar surface area (TPSA) is 78.3 Å². The summed E-state index contributed by atoms with van der Waals surface area (Å²) in [6.07, 6.45) is 3.26. The Hall–Kier alpha value is -3.35. The maximum Gasteiger partial charge on any atom is 0.333 e. The highest BCUT2D eigenvalue weighted by Crippen LogP contribution is 2.30. The molecule has 0 aliphatic carbocycles. The number of amides is 1. The molecule has 0 radical (unpaired) electrons. The van der Waals surface area contributed by atoms with Gasteiger partial charge in [-0.05, 0) is 31.2 Å². The van der Waals surface area contributed by atoms with Crippen LogP contribution in [-0.2, 0) is 0 Å². The van der Waals surface area contributed by atoms with Crippen molar-refractivity contribution in [3.05, 3.63) is 54.6 Å². The number of aryl methyl sites for hydroxylation is 1. The molecule has 0 atom stereocenters. The van der Waals surface area contributed by atoms with E-state index in [1.807, 2.05) is 12.1 Å². The van der Waals surface area contributed by atoms with E-state index in [2.05, 4.69) is 15.3 Å². The van der Waals surface area contributed by atoms with E-state index in [0.717, 1.165) is 5.56 Å². The van der Waals surface area contributed by atoms with Crippen LogP contribution in [0.3, 0.4) is 0 Å². The minimum Gasteiger partial charge on any atom is -0.497 e. The molecule has 0 saturated heterocycles. The number of nitrogens with one attached hydrogen (secondary N) is 1. The number of hydrogen-bond donors (Lipinski definition) is 1. The first kappa shape index (κ1) is 16.5. The molecule has 2 aromatic heterocycles. The Kier molecular flexibility index (Phi) is 4.65. The molecule has 0 bridgehead atoms. The molecule has 128 valence electrons. The second-order valence-electron chi connectivity index (χ2n) is 5.27. The molecule has 2 heterocycles. The molecule has 1 N–H and O–H groups in total. The van der Waals surface area contributed by atoms with Crippen LogP contribution < -0.4 is 14.8 Å². The van der Waals surface area contributed by atoms with E-state index in [0.29, 0.717) is 28.8 Å². The molecule has 7 heteroatoms. The van der Waals surface area contributed by atoms with Gasteiger partial charge in [0.15, 0.2) is 0 Å². The zero-order valence-corrected chi connectivity index (χ0v) is 14.2. The highest BCUT2D eigenvalue weighted by molar-refractivity contribution is 5.93. The monoisotopic (exact) mass is 338 g/mol. The van der Waals surface area contributed by atoms with E-state index in [9.17, 15) is 4.79 Å². The van der Waals surface area contributed by atoms with E-state index >= 15 is 0 Å². The molecular formula is C18H18N4O3. The summed E-state index contributed by atoms with van der Waals surface area (Å²) in [5.41, 5.74) is 1.39. The van der Waals surface area contributed by atoms with Crippen LogP contribution in [0.1, 0.15) is 5.82 Å². The molecule has 0 spiro atoms. The fourth-order valence-electron chi connectivity index (χ4n) is 2.46. The van der Waals surface area contributed by atoms with Crippen molar-refractivity contribution in [3.8, 4) is 22.8 Å². The zero-order chi connectivity index (χ0) is 17.8. The number of ether oxygens (including phenoxy) is 2. The predicted molar refractivity (Wildman–Crippen MR) is 94.2 cm³/mol. The average Bonchev–Trinajstić information content (AvgIpc) is 3.03.